The van der Waals surface area contributed by atoms with E-state index in [1.165, 1.54) is 47.2 Å². The minimum Gasteiger partial charge on any atom is -0.508 e. The number of aliphatic hydroxyl groups excluding tert-OH is 9. The van der Waals surface area contributed by atoms with Gasteiger partial charge in [-0.15, -0.1) is 0 Å². The van der Waals surface area contributed by atoms with Gasteiger partial charge in [-0.1, -0.05) is 127 Å². The maximum Gasteiger partial charge on any atom is 0.308 e. The molecule has 0 spiro atoms. The van der Waals surface area contributed by atoms with E-state index in [2.05, 4.69) is 51.0 Å². The Kier molecular flexibility index (Phi) is 25.8. The second-order valence-corrected chi connectivity index (χ2v) is 24.0. The smallest absolute Gasteiger partial charge is 0.308 e. The molecule has 0 fully saturated rings. The van der Waals surface area contributed by atoms with Crippen molar-refractivity contribution in [1.82, 2.24) is 10.6 Å². The lowest BCUT2D eigenvalue weighted by molar-refractivity contribution is -0.132. The molecule has 0 radical (unpaired) electrons. The van der Waals surface area contributed by atoms with Crippen LogP contribution in [0.1, 0.15) is 143 Å². The third-order valence-electron chi connectivity index (χ3n) is 17.5. The van der Waals surface area contributed by atoms with Crippen molar-refractivity contribution < 1.29 is 70.1 Å². The maximum atomic E-state index is 11.3. The van der Waals surface area contributed by atoms with Crippen molar-refractivity contribution in [3.05, 3.63) is 262 Å². The van der Waals surface area contributed by atoms with E-state index in [1.54, 1.807) is 30.3 Å². The van der Waals surface area contributed by atoms with Crippen LogP contribution in [0.2, 0.25) is 0 Å². The highest BCUT2D eigenvalue weighted by Crippen LogP contribution is 2.33. The number of nitrogens with one attached hydrogen (secondary N) is 2. The quantitative estimate of drug-likeness (QED) is 0.0272. The van der Waals surface area contributed by atoms with Crippen LogP contribution in [0.4, 0.5) is 0 Å². The summed E-state index contributed by atoms with van der Waals surface area (Å²) in [4.78, 5) is 31.8. The highest BCUT2D eigenvalue weighted by molar-refractivity contribution is 6.04. The molecule has 12 N–H and O–H groups in total. The third kappa shape index (κ3) is 18.9. The molecular formula is C77H86N4O14. The zero-order valence-corrected chi connectivity index (χ0v) is 53.9. The van der Waals surface area contributed by atoms with Crippen LogP contribution in [-0.2, 0) is 120 Å². The molecule has 0 saturated carbocycles. The first-order chi connectivity index (χ1) is 46.2. The van der Waals surface area contributed by atoms with Crippen LogP contribution in [0.5, 0.6) is 17.2 Å². The number of fused-ring (bicyclic) bond motifs is 4. The number of ether oxygens (including phenoxy) is 2. The number of rotatable bonds is 19. The highest BCUT2D eigenvalue weighted by Gasteiger charge is 2.24. The molecule has 2 unspecified atom stereocenters. The first-order valence-corrected chi connectivity index (χ1v) is 32.2. The van der Waals surface area contributed by atoms with Gasteiger partial charge in [-0.05, 0) is 170 Å². The van der Waals surface area contributed by atoms with Crippen LogP contribution in [-0.4, -0.2) is 101 Å². The summed E-state index contributed by atoms with van der Waals surface area (Å²) in [5.74, 6) is 0.138. The Bertz CT molecular complexity index is 4030. The molecule has 498 valence electrons. The molecular weight excluding hydrogens is 1200 g/mol. The number of aliphatic hydroxyl groups is 9. The number of carbonyl (C=O) groups excluding carboxylic acids is 2. The fourth-order valence-corrected chi connectivity index (χ4v) is 12.6. The SMILES string of the molecule is CC(=O)Oc1cc(CC2=NCCc3cc(CO)ccc32)ccc1CO.CC(=O)Oc1cc(CC2NCCc3cc(CO)ccc32)ccc1CO.OCc1ccc2c(c1)CCN=C2Cc1ccc(CO)c(CO)c1.OCc1ccc2c(c1)CCNC2Cc1ccc(CO)c(O)c1. The molecule has 18 nitrogen and oxygen atoms in total. The van der Waals surface area contributed by atoms with E-state index >= 15 is 0 Å². The van der Waals surface area contributed by atoms with Crippen molar-refractivity contribution in [3.63, 3.8) is 0 Å². The lowest BCUT2D eigenvalue weighted by atomic mass is 9.89. The number of hydrogen-bond acceptors (Lipinski definition) is 18. The Morgan fingerprint density at radius 3 is 1.18 bits per heavy atom. The molecule has 0 saturated heterocycles. The van der Waals surface area contributed by atoms with Crippen molar-refractivity contribution in [2.45, 2.75) is 137 Å². The zero-order chi connectivity index (χ0) is 67.4. The van der Waals surface area contributed by atoms with Crippen molar-refractivity contribution in [3.8, 4) is 17.2 Å². The van der Waals surface area contributed by atoms with E-state index in [0.29, 0.717) is 41.0 Å². The molecule has 4 aliphatic rings. The van der Waals surface area contributed by atoms with Gasteiger partial charge in [0.1, 0.15) is 17.2 Å². The molecule has 0 aromatic heterocycles. The highest BCUT2D eigenvalue weighted by atomic mass is 16.5. The molecule has 95 heavy (non-hydrogen) atoms. The topological polar surface area (TPSA) is 304 Å². The Labute approximate surface area is 554 Å². The number of nitrogens with zero attached hydrogens (tertiary/aromatic N) is 2. The molecule has 12 rings (SSSR count). The number of esters is 2. The number of hydrogen-bond donors (Lipinski definition) is 12. The third-order valence-corrected chi connectivity index (χ3v) is 17.5. The molecule has 8 aromatic carbocycles. The molecule has 4 aliphatic heterocycles. The molecule has 8 aromatic rings. The zero-order valence-electron chi connectivity index (χ0n) is 53.9. The van der Waals surface area contributed by atoms with E-state index in [4.69, 9.17) is 14.6 Å². The normalized spacial score (nSPS) is 15.1. The number of carbonyl (C=O) groups is 2. The summed E-state index contributed by atoms with van der Waals surface area (Å²) in [7, 11) is 0. The van der Waals surface area contributed by atoms with Crippen LogP contribution in [0.25, 0.3) is 0 Å². The van der Waals surface area contributed by atoms with Crippen molar-refractivity contribution in [2.24, 2.45) is 9.98 Å². The Morgan fingerprint density at radius 2 is 0.758 bits per heavy atom. The number of aromatic hydroxyl groups is 1. The Morgan fingerprint density at radius 1 is 0.389 bits per heavy atom. The number of aliphatic imine (C=N–C) groups is 2. The largest absolute Gasteiger partial charge is 0.508 e. The summed E-state index contributed by atoms with van der Waals surface area (Å²) in [6.45, 7) is 5.55. The average Bonchev–Trinajstić information content (AvgIpc) is 0.860. The van der Waals surface area contributed by atoms with Crippen molar-refractivity contribution in [1.29, 1.82) is 0 Å². The average molecular weight is 1290 g/mol. The summed E-state index contributed by atoms with van der Waals surface area (Å²) in [6.07, 6.45) is 6.54. The van der Waals surface area contributed by atoms with Gasteiger partial charge in [-0.3, -0.25) is 19.6 Å². The summed E-state index contributed by atoms with van der Waals surface area (Å²) in [6, 6.07) is 46.8. The molecule has 0 aliphatic carbocycles. The van der Waals surface area contributed by atoms with E-state index in [0.717, 1.165) is 143 Å². The van der Waals surface area contributed by atoms with Crippen LogP contribution < -0.4 is 20.1 Å². The van der Waals surface area contributed by atoms with E-state index in [1.807, 2.05) is 84.9 Å². The summed E-state index contributed by atoms with van der Waals surface area (Å²) in [5.41, 5.74) is 22.8. The predicted molar refractivity (Wildman–Crippen MR) is 363 cm³/mol. The predicted octanol–water partition coefficient (Wildman–Crippen LogP) is 7.77. The Hall–Kier alpha value is -8.60. The first-order valence-electron chi connectivity index (χ1n) is 32.2. The molecule has 18 heteroatoms. The second kappa shape index (κ2) is 34.7. The minimum atomic E-state index is -0.413. The minimum absolute atomic E-state index is 0.0358. The second-order valence-electron chi connectivity index (χ2n) is 24.0. The van der Waals surface area contributed by atoms with Gasteiger partial charge in [0.2, 0.25) is 0 Å². The van der Waals surface area contributed by atoms with Crippen molar-refractivity contribution >= 4 is 23.4 Å². The fraction of sp³-hybridized carbons (Fsp3) is 0.325. The summed E-state index contributed by atoms with van der Waals surface area (Å²) in [5, 5.41) is 101. The number of benzene rings is 8. The van der Waals surface area contributed by atoms with Gasteiger partial charge >= 0.3 is 11.9 Å². The summed E-state index contributed by atoms with van der Waals surface area (Å²) < 4.78 is 10.4. The van der Waals surface area contributed by atoms with Crippen LogP contribution in [0.3, 0.4) is 0 Å². The monoisotopic (exact) mass is 1290 g/mol. The fourth-order valence-electron chi connectivity index (χ4n) is 12.6. The van der Waals surface area contributed by atoms with Gasteiger partial charge in [0, 0.05) is 80.0 Å². The van der Waals surface area contributed by atoms with E-state index in [-0.39, 0.29) is 77.3 Å². The molecule has 4 heterocycles. The van der Waals surface area contributed by atoms with Gasteiger partial charge < -0.3 is 71.2 Å². The number of phenols is 1. The standard InChI is InChI=1S/C20H23NO4.C20H21NO4.C19H21NO3.C18H21NO3/c2*1-13(24)25-20-10-14(2-4-17(20)12-23)9-19-18-5-3-15(11-22)8-16(18)6-7-21-19;21-10-14-2-4-18-15(8-14)5-6-20-19(18)9-13-1-3-16(11-22)17(7-13)12-23;20-10-13-2-4-16-14(7-13)5-6-19-17(16)8-12-1-3-15(11-21)18(22)9-12/h2-5,8,10,19,21-23H,6-7,9,11-12H2,1H3;2-5,8,10,22-23H,6-7,9,11-12H2,1H3;1-4,7-8,21-23H,5-6,9-12H2;1-4,7,9,17,19-22H,5-6,8,10-11H2. The van der Waals surface area contributed by atoms with Gasteiger partial charge in [-0.2, -0.15) is 0 Å². The van der Waals surface area contributed by atoms with E-state index in [9.17, 15) is 55.5 Å². The lowest BCUT2D eigenvalue weighted by Crippen LogP contribution is -2.31. The Balaban J connectivity index is 0.000000149. The molecule has 0 amide bonds. The summed E-state index contributed by atoms with van der Waals surface area (Å²) >= 11 is 0. The molecule has 2 atom stereocenters. The van der Waals surface area contributed by atoms with Gasteiger partial charge in [0.25, 0.3) is 0 Å². The van der Waals surface area contributed by atoms with E-state index < -0.39 is 11.9 Å². The maximum absolute atomic E-state index is 11.3. The molecule has 0 bridgehead atoms. The van der Waals surface area contributed by atoms with Gasteiger partial charge in [0.05, 0.1) is 59.5 Å². The first kappa shape index (κ1) is 70.7. The van der Waals surface area contributed by atoms with Crippen molar-refractivity contribution in [2.75, 3.05) is 26.2 Å². The van der Waals surface area contributed by atoms with Gasteiger partial charge in [-0.25, -0.2) is 0 Å². The lowest BCUT2D eigenvalue weighted by Gasteiger charge is -2.28. The van der Waals surface area contributed by atoms with Crippen LogP contribution >= 0.6 is 0 Å². The van der Waals surface area contributed by atoms with Crippen LogP contribution in [0.15, 0.2) is 156 Å². The van der Waals surface area contributed by atoms with Gasteiger partial charge in [0.15, 0.2) is 0 Å². The van der Waals surface area contributed by atoms with Crippen LogP contribution in [0, 0.1) is 0 Å².